The van der Waals surface area contributed by atoms with Crippen molar-refractivity contribution in [1.82, 2.24) is 5.32 Å². The molecule has 0 aliphatic carbocycles. The molecule has 0 rings (SSSR count). The van der Waals surface area contributed by atoms with Crippen LogP contribution in [0.1, 0.15) is 26.7 Å². The Kier molecular flexibility index (Phi) is 6.84. The highest BCUT2D eigenvalue weighted by molar-refractivity contribution is 5.02. The van der Waals surface area contributed by atoms with Crippen molar-refractivity contribution in [3.8, 4) is 12.3 Å². The van der Waals surface area contributed by atoms with Crippen LogP contribution in [-0.2, 0) is 4.74 Å². The van der Waals surface area contributed by atoms with Crippen LogP contribution in [0.5, 0.6) is 0 Å². The van der Waals surface area contributed by atoms with Crippen LogP contribution in [0.25, 0.3) is 0 Å². The second kappa shape index (κ2) is 7.15. The van der Waals surface area contributed by atoms with Crippen LogP contribution in [0, 0.1) is 12.3 Å². The van der Waals surface area contributed by atoms with Gasteiger partial charge in [0.2, 0.25) is 0 Å². The zero-order chi connectivity index (χ0) is 9.40. The SMILES string of the molecule is C#CC(NCC)C(CCC)OC. The molecule has 2 atom stereocenters. The van der Waals surface area contributed by atoms with Crippen molar-refractivity contribution in [3.05, 3.63) is 0 Å². The molecule has 2 nitrogen and oxygen atoms in total. The highest BCUT2D eigenvalue weighted by atomic mass is 16.5. The van der Waals surface area contributed by atoms with Crippen LogP contribution in [0.4, 0.5) is 0 Å². The van der Waals surface area contributed by atoms with Gasteiger partial charge in [0.05, 0.1) is 12.1 Å². The smallest absolute Gasteiger partial charge is 0.0952 e. The summed E-state index contributed by atoms with van der Waals surface area (Å²) in [6.07, 6.45) is 7.64. The topological polar surface area (TPSA) is 21.3 Å². The van der Waals surface area contributed by atoms with Crippen LogP contribution in [0.3, 0.4) is 0 Å². The quantitative estimate of drug-likeness (QED) is 0.607. The van der Waals surface area contributed by atoms with E-state index in [4.69, 9.17) is 11.2 Å². The minimum absolute atomic E-state index is 0.0555. The van der Waals surface area contributed by atoms with Gasteiger partial charge in [0, 0.05) is 7.11 Å². The molecule has 0 saturated heterocycles. The minimum atomic E-state index is 0.0555. The molecule has 0 saturated carbocycles. The Morgan fingerprint density at radius 3 is 2.50 bits per heavy atom. The van der Waals surface area contributed by atoms with Gasteiger partial charge < -0.3 is 10.1 Å². The van der Waals surface area contributed by atoms with Gasteiger partial charge >= 0.3 is 0 Å². The summed E-state index contributed by atoms with van der Waals surface area (Å²) in [5.74, 6) is 2.70. The summed E-state index contributed by atoms with van der Waals surface area (Å²) in [5.41, 5.74) is 0. The minimum Gasteiger partial charge on any atom is -0.379 e. The fraction of sp³-hybridized carbons (Fsp3) is 0.800. The van der Waals surface area contributed by atoms with Crippen molar-refractivity contribution in [2.75, 3.05) is 13.7 Å². The monoisotopic (exact) mass is 169 g/mol. The molecule has 2 unspecified atom stereocenters. The Morgan fingerprint density at radius 2 is 2.17 bits per heavy atom. The van der Waals surface area contributed by atoms with Crippen molar-refractivity contribution in [3.63, 3.8) is 0 Å². The molecule has 0 aromatic rings. The summed E-state index contributed by atoms with van der Waals surface area (Å²) in [5, 5.41) is 3.21. The lowest BCUT2D eigenvalue weighted by molar-refractivity contribution is 0.0773. The van der Waals surface area contributed by atoms with E-state index in [2.05, 4.69) is 18.2 Å². The van der Waals surface area contributed by atoms with Gasteiger partial charge in [0.1, 0.15) is 0 Å². The molecule has 0 aromatic heterocycles. The van der Waals surface area contributed by atoms with Gasteiger partial charge in [-0.1, -0.05) is 26.2 Å². The van der Waals surface area contributed by atoms with Gasteiger partial charge in [-0.25, -0.2) is 0 Å². The van der Waals surface area contributed by atoms with Gasteiger partial charge in [0.15, 0.2) is 0 Å². The maximum absolute atomic E-state index is 5.37. The average molecular weight is 169 g/mol. The van der Waals surface area contributed by atoms with Crippen LogP contribution in [0.2, 0.25) is 0 Å². The van der Waals surface area contributed by atoms with Gasteiger partial charge in [-0.3, -0.25) is 0 Å². The Balaban J connectivity index is 3.95. The number of terminal acetylenes is 1. The first-order valence-electron chi connectivity index (χ1n) is 4.52. The van der Waals surface area contributed by atoms with Gasteiger partial charge in [0.25, 0.3) is 0 Å². The molecule has 12 heavy (non-hydrogen) atoms. The molecule has 0 bridgehead atoms. The summed E-state index contributed by atoms with van der Waals surface area (Å²) in [6, 6.07) is 0.0555. The summed E-state index contributed by atoms with van der Waals surface area (Å²) in [7, 11) is 1.71. The standard InChI is InChI=1S/C10H19NO/c1-5-8-10(12-4)9(6-2)11-7-3/h2,9-11H,5,7-8H2,1,3-4H3. The molecule has 0 aliphatic rings. The summed E-state index contributed by atoms with van der Waals surface area (Å²) >= 11 is 0. The maximum Gasteiger partial charge on any atom is 0.0952 e. The molecule has 0 aliphatic heterocycles. The zero-order valence-corrected chi connectivity index (χ0v) is 8.26. The van der Waals surface area contributed by atoms with E-state index in [0.717, 1.165) is 19.4 Å². The average Bonchev–Trinajstić information content (AvgIpc) is 2.11. The van der Waals surface area contributed by atoms with Crippen molar-refractivity contribution >= 4 is 0 Å². The predicted octanol–water partition coefficient (Wildman–Crippen LogP) is 1.41. The molecular weight excluding hydrogens is 150 g/mol. The third-order valence-corrected chi connectivity index (χ3v) is 1.85. The van der Waals surface area contributed by atoms with E-state index in [1.807, 2.05) is 6.92 Å². The predicted molar refractivity (Wildman–Crippen MR) is 52.0 cm³/mol. The van der Waals surface area contributed by atoms with Crippen LogP contribution in [0.15, 0.2) is 0 Å². The number of likely N-dealkylation sites (N-methyl/N-ethyl adjacent to an activating group) is 1. The number of hydrogen-bond acceptors (Lipinski definition) is 2. The van der Waals surface area contributed by atoms with Gasteiger partial charge in [-0.05, 0) is 13.0 Å². The fourth-order valence-electron chi connectivity index (χ4n) is 1.22. The van der Waals surface area contributed by atoms with Crippen LogP contribution < -0.4 is 5.32 Å². The van der Waals surface area contributed by atoms with Crippen LogP contribution >= 0.6 is 0 Å². The lowest BCUT2D eigenvalue weighted by Gasteiger charge is -2.21. The van der Waals surface area contributed by atoms with Crippen LogP contribution in [-0.4, -0.2) is 25.8 Å². The first-order valence-corrected chi connectivity index (χ1v) is 4.52. The Labute approximate surface area is 75.7 Å². The van der Waals surface area contributed by atoms with E-state index in [1.165, 1.54) is 0 Å². The molecule has 0 aromatic carbocycles. The van der Waals surface area contributed by atoms with Crippen molar-refractivity contribution in [2.24, 2.45) is 0 Å². The van der Waals surface area contributed by atoms with Gasteiger partial charge in [-0.2, -0.15) is 0 Å². The third kappa shape index (κ3) is 3.75. The largest absolute Gasteiger partial charge is 0.379 e. The van der Waals surface area contributed by atoms with Crippen molar-refractivity contribution in [2.45, 2.75) is 38.8 Å². The first-order chi connectivity index (χ1) is 5.79. The third-order valence-electron chi connectivity index (χ3n) is 1.85. The number of methoxy groups -OCH3 is 1. The molecule has 0 radical (unpaired) electrons. The van der Waals surface area contributed by atoms with E-state index >= 15 is 0 Å². The highest BCUT2D eigenvalue weighted by Crippen LogP contribution is 2.05. The van der Waals surface area contributed by atoms with E-state index in [0.29, 0.717) is 0 Å². The molecular formula is C10H19NO. The summed E-state index contributed by atoms with van der Waals surface area (Å²) < 4.78 is 5.29. The fourth-order valence-corrected chi connectivity index (χ4v) is 1.22. The second-order valence-corrected chi connectivity index (χ2v) is 2.76. The van der Waals surface area contributed by atoms with E-state index in [1.54, 1.807) is 7.11 Å². The maximum atomic E-state index is 5.37. The van der Waals surface area contributed by atoms with Crippen molar-refractivity contribution < 1.29 is 4.74 Å². The first kappa shape index (κ1) is 11.5. The second-order valence-electron chi connectivity index (χ2n) is 2.76. The molecule has 70 valence electrons. The van der Waals surface area contributed by atoms with Gasteiger partial charge in [-0.15, -0.1) is 6.42 Å². The molecule has 0 spiro atoms. The number of nitrogens with one attached hydrogen (secondary N) is 1. The normalized spacial score (nSPS) is 15.2. The Morgan fingerprint density at radius 1 is 1.50 bits per heavy atom. The molecule has 1 N–H and O–H groups in total. The number of rotatable bonds is 6. The Bertz CT molecular complexity index is 139. The molecule has 0 amide bonds. The summed E-state index contributed by atoms with van der Waals surface area (Å²) in [6.45, 7) is 5.06. The molecule has 0 fully saturated rings. The highest BCUT2D eigenvalue weighted by Gasteiger charge is 2.16. The molecule has 2 heteroatoms. The lowest BCUT2D eigenvalue weighted by Crippen LogP contribution is -2.39. The van der Waals surface area contributed by atoms with E-state index in [-0.39, 0.29) is 12.1 Å². The lowest BCUT2D eigenvalue weighted by atomic mass is 10.1. The van der Waals surface area contributed by atoms with E-state index in [9.17, 15) is 0 Å². The van der Waals surface area contributed by atoms with Crippen molar-refractivity contribution in [1.29, 1.82) is 0 Å². The zero-order valence-electron chi connectivity index (χ0n) is 8.26. The summed E-state index contributed by atoms with van der Waals surface area (Å²) in [4.78, 5) is 0. The molecule has 0 heterocycles. The number of hydrogen-bond donors (Lipinski definition) is 1. The van der Waals surface area contributed by atoms with E-state index < -0.39 is 0 Å². The Hall–Kier alpha value is -0.520. The number of ether oxygens (including phenoxy) is 1.